The summed E-state index contributed by atoms with van der Waals surface area (Å²) in [5.74, 6) is 0. The fourth-order valence-electron chi connectivity index (χ4n) is 0. The zero-order chi connectivity index (χ0) is 3.58. The minimum Gasteiger partial charge on any atom is -0.0879 e. The second-order valence-corrected chi connectivity index (χ2v) is 0.816. The molecule has 0 aliphatic carbocycles. The van der Waals surface area contributed by atoms with E-state index in [0.29, 0.717) is 0 Å². The van der Waals surface area contributed by atoms with Gasteiger partial charge in [-0.05, 0) is 4.57 Å². The van der Waals surface area contributed by atoms with Crippen LogP contribution in [0.4, 0.5) is 4.20 Å². The largest absolute Gasteiger partial charge is 0.657 e. The van der Waals surface area contributed by atoms with Gasteiger partial charge in [-0.3, -0.25) is 0 Å². The van der Waals surface area contributed by atoms with Gasteiger partial charge in [-0.1, -0.05) is 5.50 Å². The first-order chi connectivity index (χ1) is 1.73. The summed E-state index contributed by atoms with van der Waals surface area (Å²) >= 11 is 0. The SMILES string of the molecule is N[P+](=O)F. The van der Waals surface area contributed by atoms with E-state index in [4.69, 9.17) is 4.57 Å². The number of hydrogen-bond acceptors (Lipinski definition) is 1. The van der Waals surface area contributed by atoms with Crippen molar-refractivity contribution in [2.75, 3.05) is 0 Å². The molecule has 24 valence electrons. The van der Waals surface area contributed by atoms with Crippen LogP contribution in [-0.4, -0.2) is 0 Å². The van der Waals surface area contributed by atoms with Crippen molar-refractivity contribution < 1.29 is 8.76 Å². The second-order valence-electron chi connectivity index (χ2n) is 0.272. The molecule has 0 radical (unpaired) electrons. The maximum Gasteiger partial charge on any atom is 0.657 e. The number of hydrogen-bond donors (Lipinski definition) is 1. The number of nitrogens with two attached hydrogens (primary N) is 1. The van der Waals surface area contributed by atoms with Crippen LogP contribution in [0.15, 0.2) is 0 Å². The van der Waals surface area contributed by atoms with E-state index in [9.17, 15) is 4.20 Å². The zero-order valence-electron chi connectivity index (χ0n) is 1.81. The molecule has 0 bridgehead atoms. The van der Waals surface area contributed by atoms with Crippen molar-refractivity contribution in [2.24, 2.45) is 5.50 Å². The minimum atomic E-state index is -2.87. The van der Waals surface area contributed by atoms with Gasteiger partial charge < -0.3 is 0 Å². The summed E-state index contributed by atoms with van der Waals surface area (Å²) in [6.07, 6.45) is 0. The highest BCUT2D eigenvalue weighted by molar-refractivity contribution is 7.35. The molecule has 0 saturated heterocycles. The molecule has 0 aliphatic heterocycles. The lowest BCUT2D eigenvalue weighted by Gasteiger charge is -1.29. The fourth-order valence-corrected chi connectivity index (χ4v) is 0. The Morgan fingerprint density at radius 2 is 2.00 bits per heavy atom. The topological polar surface area (TPSA) is 43.1 Å². The molecular formula is H2FNOP+. The molecular weight excluding hydrogens is 80.0 g/mol. The normalized spacial score (nSPS) is 11.0. The fraction of sp³-hybridized carbons (Fsp3) is 0. The molecule has 0 amide bonds. The Labute approximate surface area is 23.8 Å². The molecule has 0 aliphatic rings. The van der Waals surface area contributed by atoms with Crippen molar-refractivity contribution in [1.82, 2.24) is 0 Å². The molecule has 0 saturated carbocycles. The predicted octanol–water partition coefficient (Wildman–Crippen LogP) is 0.572. The predicted molar refractivity (Wildman–Crippen MR) is 12.9 cm³/mol. The molecule has 0 heterocycles. The summed E-state index contributed by atoms with van der Waals surface area (Å²) in [5.41, 5.74) is 3.95. The quantitative estimate of drug-likeness (QED) is 0.434. The summed E-state index contributed by atoms with van der Waals surface area (Å²) in [6, 6.07) is 0. The van der Waals surface area contributed by atoms with Gasteiger partial charge >= 0.3 is 8.26 Å². The molecule has 0 aromatic carbocycles. The average molecular weight is 82.0 g/mol. The third kappa shape index (κ3) is 19500. The van der Waals surface area contributed by atoms with Crippen LogP contribution in [0.5, 0.6) is 0 Å². The monoisotopic (exact) mass is 82.0 g/mol. The minimum absolute atomic E-state index is 2.87. The molecule has 4 heavy (non-hydrogen) atoms. The van der Waals surface area contributed by atoms with Gasteiger partial charge in [0.15, 0.2) is 0 Å². The van der Waals surface area contributed by atoms with Crippen molar-refractivity contribution in [1.29, 1.82) is 0 Å². The highest BCUT2D eigenvalue weighted by Crippen LogP contribution is 2.04. The molecule has 2 nitrogen and oxygen atoms in total. The van der Waals surface area contributed by atoms with E-state index in [1.165, 1.54) is 0 Å². The Bertz CT molecular complexity index is 31.0. The maximum atomic E-state index is 10.3. The zero-order valence-corrected chi connectivity index (χ0v) is 2.71. The second kappa shape index (κ2) is 1.32. The van der Waals surface area contributed by atoms with Crippen molar-refractivity contribution >= 4 is 8.26 Å². The van der Waals surface area contributed by atoms with Crippen LogP contribution < -0.4 is 5.50 Å². The summed E-state index contributed by atoms with van der Waals surface area (Å²) in [5, 5.41) is 0. The molecule has 1 unspecified atom stereocenters. The van der Waals surface area contributed by atoms with Gasteiger partial charge in [-0.15, -0.1) is 0 Å². The average Bonchev–Trinajstić information content (AvgIpc) is 0.811. The van der Waals surface area contributed by atoms with Gasteiger partial charge in [-0.25, -0.2) is 0 Å². The van der Waals surface area contributed by atoms with Gasteiger partial charge in [0.25, 0.3) is 0 Å². The summed E-state index contributed by atoms with van der Waals surface area (Å²) in [4.78, 5) is 0. The van der Waals surface area contributed by atoms with Crippen LogP contribution in [0.25, 0.3) is 0 Å². The lowest BCUT2D eigenvalue weighted by atomic mass is 13.9. The van der Waals surface area contributed by atoms with Crippen molar-refractivity contribution in [3.05, 3.63) is 0 Å². The number of rotatable bonds is 0. The number of halogens is 1. The Morgan fingerprint density at radius 3 is 2.00 bits per heavy atom. The molecule has 0 rings (SSSR count). The summed E-state index contributed by atoms with van der Waals surface area (Å²) in [6.45, 7) is 0. The highest BCUT2D eigenvalue weighted by Gasteiger charge is 1.94. The molecule has 0 aromatic rings. The van der Waals surface area contributed by atoms with E-state index in [2.05, 4.69) is 5.50 Å². The third-order valence-corrected chi connectivity index (χ3v) is 0. The molecule has 2 N–H and O–H groups in total. The van der Waals surface area contributed by atoms with Crippen molar-refractivity contribution in [3.63, 3.8) is 0 Å². The van der Waals surface area contributed by atoms with Crippen molar-refractivity contribution in [3.8, 4) is 0 Å². The van der Waals surface area contributed by atoms with Gasteiger partial charge in [0.05, 0.1) is 4.20 Å². The Kier molecular flexibility index (Phi) is 1.32. The Balaban J connectivity index is 2.80. The van der Waals surface area contributed by atoms with Crippen LogP contribution in [0, 0.1) is 0 Å². The standard InChI is InChI=1S/FH2NOP/c1-4(2)3/h(H2,2,3)/q+1. The van der Waals surface area contributed by atoms with Crippen LogP contribution >= 0.6 is 8.26 Å². The van der Waals surface area contributed by atoms with Crippen LogP contribution in [-0.2, 0) is 4.57 Å². The van der Waals surface area contributed by atoms with E-state index in [-0.39, 0.29) is 0 Å². The van der Waals surface area contributed by atoms with E-state index >= 15 is 0 Å². The first-order valence-electron chi connectivity index (χ1n) is 0.610. The van der Waals surface area contributed by atoms with Gasteiger partial charge in [0.1, 0.15) is 0 Å². The van der Waals surface area contributed by atoms with E-state index in [1.807, 2.05) is 0 Å². The summed E-state index contributed by atoms with van der Waals surface area (Å²) in [7, 11) is -2.87. The Morgan fingerprint density at radius 1 is 2.00 bits per heavy atom. The van der Waals surface area contributed by atoms with Crippen LogP contribution in [0.2, 0.25) is 0 Å². The van der Waals surface area contributed by atoms with Crippen LogP contribution in [0.3, 0.4) is 0 Å². The van der Waals surface area contributed by atoms with Crippen molar-refractivity contribution in [2.45, 2.75) is 0 Å². The highest BCUT2D eigenvalue weighted by atomic mass is 31.1. The molecule has 0 spiro atoms. The third-order valence-electron chi connectivity index (χ3n) is 0. The van der Waals surface area contributed by atoms with E-state index in [0.717, 1.165) is 0 Å². The van der Waals surface area contributed by atoms with Crippen LogP contribution in [0.1, 0.15) is 0 Å². The first-order valence-corrected chi connectivity index (χ1v) is 1.83. The molecule has 4 heteroatoms. The van der Waals surface area contributed by atoms with E-state index < -0.39 is 8.26 Å². The molecule has 0 aromatic heterocycles. The molecule has 0 fully saturated rings. The Hall–Kier alpha value is -0.0100. The summed E-state index contributed by atoms with van der Waals surface area (Å²) < 4.78 is 19.0. The van der Waals surface area contributed by atoms with Gasteiger partial charge in [0.2, 0.25) is 0 Å². The maximum absolute atomic E-state index is 10.3. The lowest BCUT2D eigenvalue weighted by molar-refractivity contribution is 0.561. The van der Waals surface area contributed by atoms with E-state index in [1.54, 1.807) is 0 Å². The smallest absolute Gasteiger partial charge is 0.0879 e. The van der Waals surface area contributed by atoms with Gasteiger partial charge in [0, 0.05) is 0 Å². The molecule has 1 atom stereocenters. The first kappa shape index (κ1) is 3.99. The lowest BCUT2D eigenvalue weighted by Crippen LogP contribution is -1.62. The van der Waals surface area contributed by atoms with Gasteiger partial charge in [-0.2, -0.15) is 0 Å².